The number of nitrogens with one attached hydrogen (secondary N) is 1. The highest BCUT2D eigenvalue weighted by molar-refractivity contribution is 7.16. The molecule has 19 heavy (non-hydrogen) atoms. The van der Waals surface area contributed by atoms with Gasteiger partial charge in [0.1, 0.15) is 0 Å². The van der Waals surface area contributed by atoms with Crippen LogP contribution in [0.1, 0.15) is 24.6 Å². The molecule has 7 heteroatoms. The van der Waals surface area contributed by atoms with Gasteiger partial charge in [-0.05, 0) is 18.6 Å². The van der Waals surface area contributed by atoms with Gasteiger partial charge in [-0.1, -0.05) is 18.5 Å². The number of hydrogen-bond donors (Lipinski definition) is 2. The van der Waals surface area contributed by atoms with E-state index in [1.807, 2.05) is 13.0 Å². The SMILES string of the molecule is CCC(CC(=O)O)NC(=O)N(C)Cc1ccc(Cl)s1. The van der Waals surface area contributed by atoms with Gasteiger partial charge in [0.15, 0.2) is 0 Å². The molecule has 0 aliphatic carbocycles. The first-order chi connectivity index (χ1) is 8.92. The van der Waals surface area contributed by atoms with Crippen LogP contribution in [0.5, 0.6) is 0 Å². The number of carbonyl (C=O) groups excluding carboxylic acids is 1. The van der Waals surface area contributed by atoms with Gasteiger partial charge < -0.3 is 15.3 Å². The van der Waals surface area contributed by atoms with E-state index in [0.29, 0.717) is 17.3 Å². The third kappa shape index (κ3) is 5.48. The second-order valence-corrected chi connectivity index (χ2v) is 6.01. The van der Waals surface area contributed by atoms with Crippen molar-refractivity contribution in [1.82, 2.24) is 10.2 Å². The van der Waals surface area contributed by atoms with E-state index in [1.165, 1.54) is 16.2 Å². The lowest BCUT2D eigenvalue weighted by Crippen LogP contribution is -2.43. The Balaban J connectivity index is 2.49. The maximum atomic E-state index is 11.9. The van der Waals surface area contributed by atoms with Crippen LogP contribution in [0.15, 0.2) is 12.1 Å². The fraction of sp³-hybridized carbons (Fsp3) is 0.500. The van der Waals surface area contributed by atoms with E-state index < -0.39 is 5.97 Å². The number of carboxylic acid groups (broad SMARTS) is 1. The van der Waals surface area contributed by atoms with Crippen LogP contribution < -0.4 is 5.32 Å². The fourth-order valence-corrected chi connectivity index (χ4v) is 2.68. The molecule has 106 valence electrons. The predicted octanol–water partition coefficient (Wildman–Crippen LogP) is 2.80. The Morgan fingerprint density at radius 3 is 2.68 bits per heavy atom. The number of hydrogen-bond acceptors (Lipinski definition) is 3. The Bertz CT molecular complexity index is 450. The monoisotopic (exact) mass is 304 g/mol. The van der Waals surface area contributed by atoms with Crippen molar-refractivity contribution < 1.29 is 14.7 Å². The molecule has 0 saturated carbocycles. The molecule has 0 radical (unpaired) electrons. The van der Waals surface area contributed by atoms with E-state index in [-0.39, 0.29) is 18.5 Å². The first-order valence-corrected chi connectivity index (χ1v) is 7.09. The van der Waals surface area contributed by atoms with Crippen LogP contribution in [0.25, 0.3) is 0 Å². The molecule has 0 aliphatic heterocycles. The van der Waals surface area contributed by atoms with Crippen LogP contribution in [-0.4, -0.2) is 35.1 Å². The summed E-state index contributed by atoms with van der Waals surface area (Å²) in [6.07, 6.45) is 0.512. The van der Waals surface area contributed by atoms with Gasteiger partial charge in [-0.2, -0.15) is 0 Å². The van der Waals surface area contributed by atoms with Crippen LogP contribution in [0, 0.1) is 0 Å². The maximum absolute atomic E-state index is 11.9. The van der Waals surface area contributed by atoms with Crippen LogP contribution >= 0.6 is 22.9 Å². The van der Waals surface area contributed by atoms with Crippen LogP contribution in [0.3, 0.4) is 0 Å². The summed E-state index contributed by atoms with van der Waals surface area (Å²) < 4.78 is 0.682. The Labute approximate surface area is 121 Å². The topological polar surface area (TPSA) is 69.6 Å². The Morgan fingerprint density at radius 1 is 1.53 bits per heavy atom. The first kappa shape index (κ1) is 15.8. The molecule has 0 saturated heterocycles. The maximum Gasteiger partial charge on any atom is 0.317 e. The van der Waals surface area contributed by atoms with Gasteiger partial charge in [0.05, 0.1) is 17.3 Å². The van der Waals surface area contributed by atoms with Gasteiger partial charge in [0.2, 0.25) is 0 Å². The molecule has 5 nitrogen and oxygen atoms in total. The average Bonchev–Trinajstić information content (AvgIpc) is 2.73. The standard InChI is InChI=1S/C12H17ClN2O3S/c1-3-8(6-11(16)17)14-12(18)15(2)7-9-4-5-10(13)19-9/h4-5,8H,3,6-7H2,1-2H3,(H,14,18)(H,16,17). The minimum atomic E-state index is -0.917. The Kier molecular flexibility index (Phi) is 6.11. The molecule has 2 N–H and O–H groups in total. The molecule has 1 rings (SSSR count). The molecule has 1 atom stereocenters. The summed E-state index contributed by atoms with van der Waals surface area (Å²) in [5.74, 6) is -0.917. The Morgan fingerprint density at radius 2 is 2.21 bits per heavy atom. The summed E-state index contributed by atoms with van der Waals surface area (Å²) in [5.41, 5.74) is 0. The highest BCUT2D eigenvalue weighted by Gasteiger charge is 2.17. The van der Waals surface area contributed by atoms with Crippen molar-refractivity contribution in [2.45, 2.75) is 32.4 Å². The highest BCUT2D eigenvalue weighted by Crippen LogP contribution is 2.22. The van der Waals surface area contributed by atoms with Gasteiger partial charge in [-0.15, -0.1) is 11.3 Å². The molecule has 1 aromatic heterocycles. The minimum absolute atomic E-state index is 0.0685. The second kappa shape index (κ2) is 7.35. The molecule has 1 aromatic rings. The number of halogens is 1. The molecule has 0 spiro atoms. The number of carboxylic acids is 1. The fourth-order valence-electron chi connectivity index (χ4n) is 1.54. The second-order valence-electron chi connectivity index (χ2n) is 4.21. The summed E-state index contributed by atoms with van der Waals surface area (Å²) in [6, 6.07) is 3.02. The largest absolute Gasteiger partial charge is 0.481 e. The zero-order valence-electron chi connectivity index (χ0n) is 10.9. The summed E-state index contributed by atoms with van der Waals surface area (Å²) in [7, 11) is 1.66. The van der Waals surface area contributed by atoms with E-state index >= 15 is 0 Å². The molecule has 1 heterocycles. The summed E-state index contributed by atoms with van der Waals surface area (Å²) in [6.45, 7) is 2.29. The quantitative estimate of drug-likeness (QED) is 0.849. The summed E-state index contributed by atoms with van der Waals surface area (Å²) in [5, 5.41) is 11.4. The van der Waals surface area contributed by atoms with Crippen molar-refractivity contribution in [2.75, 3.05) is 7.05 Å². The van der Waals surface area contributed by atoms with E-state index in [0.717, 1.165) is 4.88 Å². The molecule has 0 bridgehead atoms. The lowest BCUT2D eigenvalue weighted by Gasteiger charge is -2.21. The molecule has 0 fully saturated rings. The lowest BCUT2D eigenvalue weighted by molar-refractivity contribution is -0.137. The highest BCUT2D eigenvalue weighted by atomic mass is 35.5. The minimum Gasteiger partial charge on any atom is -0.481 e. The van der Waals surface area contributed by atoms with Crippen molar-refractivity contribution in [3.8, 4) is 0 Å². The van der Waals surface area contributed by atoms with Crippen LogP contribution in [0.2, 0.25) is 4.34 Å². The van der Waals surface area contributed by atoms with E-state index in [4.69, 9.17) is 16.7 Å². The van der Waals surface area contributed by atoms with Crippen molar-refractivity contribution in [3.63, 3.8) is 0 Å². The van der Waals surface area contributed by atoms with Gasteiger partial charge in [-0.25, -0.2) is 4.79 Å². The molecule has 2 amide bonds. The van der Waals surface area contributed by atoms with E-state index in [1.54, 1.807) is 13.1 Å². The number of urea groups is 1. The lowest BCUT2D eigenvalue weighted by atomic mass is 10.1. The molecule has 0 aromatic carbocycles. The van der Waals surface area contributed by atoms with Crippen LogP contribution in [0.4, 0.5) is 4.79 Å². The van der Waals surface area contributed by atoms with Gasteiger partial charge >= 0.3 is 12.0 Å². The zero-order valence-corrected chi connectivity index (χ0v) is 12.4. The van der Waals surface area contributed by atoms with Crippen LogP contribution in [-0.2, 0) is 11.3 Å². The predicted molar refractivity (Wildman–Crippen MR) is 75.7 cm³/mol. The third-order valence-corrected chi connectivity index (χ3v) is 3.83. The number of thiophene rings is 1. The number of amides is 2. The van der Waals surface area contributed by atoms with Crippen molar-refractivity contribution in [3.05, 3.63) is 21.3 Å². The molecule has 1 unspecified atom stereocenters. The number of nitrogens with zero attached hydrogens (tertiary/aromatic N) is 1. The van der Waals surface area contributed by atoms with E-state index in [9.17, 15) is 9.59 Å². The van der Waals surface area contributed by atoms with E-state index in [2.05, 4.69) is 5.32 Å². The first-order valence-electron chi connectivity index (χ1n) is 5.90. The van der Waals surface area contributed by atoms with Gasteiger partial charge in [0.25, 0.3) is 0 Å². The van der Waals surface area contributed by atoms with Crippen molar-refractivity contribution in [2.24, 2.45) is 0 Å². The molecular formula is C12H17ClN2O3S. The number of carbonyl (C=O) groups is 2. The van der Waals surface area contributed by atoms with Gasteiger partial charge in [-0.3, -0.25) is 4.79 Å². The van der Waals surface area contributed by atoms with Crippen molar-refractivity contribution >= 4 is 34.9 Å². The molecule has 0 aliphatic rings. The Hall–Kier alpha value is -1.27. The summed E-state index contributed by atoms with van der Waals surface area (Å²) >= 11 is 7.24. The normalized spacial score (nSPS) is 11.9. The number of aliphatic carboxylic acids is 1. The zero-order chi connectivity index (χ0) is 14.4. The molecular weight excluding hydrogens is 288 g/mol. The van der Waals surface area contributed by atoms with Gasteiger partial charge in [0, 0.05) is 18.0 Å². The smallest absolute Gasteiger partial charge is 0.317 e. The van der Waals surface area contributed by atoms with Crippen molar-refractivity contribution in [1.29, 1.82) is 0 Å². The number of rotatable bonds is 6. The average molecular weight is 305 g/mol. The third-order valence-electron chi connectivity index (χ3n) is 2.61. The summed E-state index contributed by atoms with van der Waals surface area (Å²) in [4.78, 5) is 25.0.